The molecule has 3 aromatic carbocycles. The summed E-state index contributed by atoms with van der Waals surface area (Å²) < 4.78 is 5.42. The zero-order valence-electron chi connectivity index (χ0n) is 20.4. The van der Waals surface area contributed by atoms with E-state index in [0.717, 1.165) is 16.9 Å². The molecule has 0 saturated heterocycles. The first-order chi connectivity index (χ1) is 17.9. The maximum absolute atomic E-state index is 13.0. The van der Waals surface area contributed by atoms with Gasteiger partial charge in [-0.05, 0) is 66.4 Å². The van der Waals surface area contributed by atoms with Gasteiger partial charge in [-0.3, -0.25) is 14.4 Å². The molecule has 2 heterocycles. The van der Waals surface area contributed by atoms with E-state index in [1.165, 1.54) is 11.1 Å². The van der Waals surface area contributed by atoms with Crippen LogP contribution in [-0.2, 0) is 33.8 Å². The summed E-state index contributed by atoms with van der Waals surface area (Å²) in [6, 6.07) is 22.1. The van der Waals surface area contributed by atoms with E-state index < -0.39 is 11.8 Å². The van der Waals surface area contributed by atoms with Gasteiger partial charge < -0.3 is 15.0 Å². The molecule has 3 aromatic rings. The second-order valence-corrected chi connectivity index (χ2v) is 9.27. The average molecular weight is 516 g/mol. The van der Waals surface area contributed by atoms with Crippen LogP contribution in [-0.4, -0.2) is 35.8 Å². The van der Waals surface area contributed by atoms with Crippen LogP contribution in [0.4, 0.5) is 11.4 Å². The number of benzene rings is 3. The maximum atomic E-state index is 13.0. The van der Waals surface area contributed by atoms with E-state index in [2.05, 4.69) is 17.4 Å². The molecule has 0 spiro atoms. The molecular weight excluding hydrogens is 490 g/mol. The fourth-order valence-electron chi connectivity index (χ4n) is 4.55. The summed E-state index contributed by atoms with van der Waals surface area (Å²) in [5.41, 5.74) is 4.36. The molecule has 0 aromatic heterocycles. The van der Waals surface area contributed by atoms with Crippen molar-refractivity contribution >= 4 is 40.7 Å². The van der Waals surface area contributed by atoms with Crippen molar-refractivity contribution in [2.24, 2.45) is 0 Å². The monoisotopic (exact) mass is 515 g/mol. The van der Waals surface area contributed by atoms with Gasteiger partial charge in [-0.15, -0.1) is 0 Å². The molecule has 0 unspecified atom stereocenters. The Labute approximate surface area is 220 Å². The Kier molecular flexibility index (Phi) is 6.97. The minimum Gasteiger partial charge on any atom is -0.494 e. The SMILES string of the molecule is CCOc1ccc(N2C(=O)C(Cl)=C(Nc3ccc(CC(=O)N4CCc5ccccc5C4)cc3)C2=O)cc1. The third-order valence-electron chi connectivity index (χ3n) is 6.50. The minimum absolute atomic E-state index is 0.0105. The van der Waals surface area contributed by atoms with Crippen molar-refractivity contribution in [1.29, 1.82) is 0 Å². The van der Waals surface area contributed by atoms with E-state index in [4.69, 9.17) is 16.3 Å². The molecule has 188 valence electrons. The zero-order valence-corrected chi connectivity index (χ0v) is 21.1. The van der Waals surface area contributed by atoms with Crippen LogP contribution in [0.2, 0.25) is 0 Å². The van der Waals surface area contributed by atoms with Crippen LogP contribution in [0, 0.1) is 0 Å². The van der Waals surface area contributed by atoms with Crippen molar-refractivity contribution < 1.29 is 19.1 Å². The number of ether oxygens (including phenoxy) is 1. The molecule has 1 N–H and O–H groups in total. The van der Waals surface area contributed by atoms with Gasteiger partial charge in [0.2, 0.25) is 5.91 Å². The van der Waals surface area contributed by atoms with Gasteiger partial charge in [0, 0.05) is 18.8 Å². The Bertz CT molecular complexity index is 1380. The van der Waals surface area contributed by atoms with Gasteiger partial charge in [0.15, 0.2) is 0 Å². The number of halogens is 1. The summed E-state index contributed by atoms with van der Waals surface area (Å²) in [7, 11) is 0. The summed E-state index contributed by atoms with van der Waals surface area (Å²) >= 11 is 6.25. The second-order valence-electron chi connectivity index (χ2n) is 8.89. The number of hydrogen-bond acceptors (Lipinski definition) is 5. The third-order valence-corrected chi connectivity index (χ3v) is 6.85. The van der Waals surface area contributed by atoms with E-state index >= 15 is 0 Å². The Hall–Kier alpha value is -4.10. The van der Waals surface area contributed by atoms with E-state index in [9.17, 15) is 14.4 Å². The molecule has 2 aliphatic rings. The second kappa shape index (κ2) is 10.5. The van der Waals surface area contributed by atoms with Gasteiger partial charge in [-0.2, -0.15) is 0 Å². The Balaban J connectivity index is 1.22. The molecule has 37 heavy (non-hydrogen) atoms. The first kappa shape index (κ1) is 24.6. The molecule has 3 amide bonds. The Morgan fingerprint density at radius 1 is 0.946 bits per heavy atom. The third kappa shape index (κ3) is 5.08. The number of hydrogen-bond donors (Lipinski definition) is 1. The summed E-state index contributed by atoms with van der Waals surface area (Å²) in [6.07, 6.45) is 1.15. The maximum Gasteiger partial charge on any atom is 0.283 e. The number of nitrogens with one attached hydrogen (secondary N) is 1. The number of fused-ring (bicyclic) bond motifs is 1. The lowest BCUT2D eigenvalue weighted by Gasteiger charge is -2.29. The normalized spacial score (nSPS) is 15.2. The molecule has 2 aliphatic heterocycles. The fraction of sp³-hybridized carbons (Fsp3) is 0.207. The van der Waals surface area contributed by atoms with Crippen LogP contribution < -0.4 is 15.0 Å². The Morgan fingerprint density at radius 3 is 2.35 bits per heavy atom. The summed E-state index contributed by atoms with van der Waals surface area (Å²) in [6.45, 7) is 3.73. The lowest BCUT2D eigenvalue weighted by molar-refractivity contribution is -0.131. The number of imide groups is 1. The quantitative estimate of drug-likeness (QED) is 0.463. The van der Waals surface area contributed by atoms with Crippen LogP contribution in [0.15, 0.2) is 83.5 Å². The highest BCUT2D eigenvalue weighted by Crippen LogP contribution is 2.31. The first-order valence-corrected chi connectivity index (χ1v) is 12.5. The molecule has 7 nitrogen and oxygen atoms in total. The molecule has 5 rings (SSSR count). The highest BCUT2D eigenvalue weighted by molar-refractivity contribution is 6.53. The van der Waals surface area contributed by atoms with Gasteiger partial charge in [-0.25, -0.2) is 4.90 Å². The van der Waals surface area contributed by atoms with Gasteiger partial charge in [0.25, 0.3) is 11.8 Å². The van der Waals surface area contributed by atoms with Crippen LogP contribution >= 0.6 is 11.6 Å². The first-order valence-electron chi connectivity index (χ1n) is 12.2. The van der Waals surface area contributed by atoms with E-state index in [-0.39, 0.29) is 23.1 Å². The van der Waals surface area contributed by atoms with Gasteiger partial charge in [-0.1, -0.05) is 48.0 Å². The molecule has 8 heteroatoms. The van der Waals surface area contributed by atoms with E-state index in [0.29, 0.717) is 36.8 Å². The number of anilines is 2. The number of carbonyl (C=O) groups is 3. The van der Waals surface area contributed by atoms with Gasteiger partial charge in [0.05, 0.1) is 18.7 Å². The molecule has 0 atom stereocenters. The lowest BCUT2D eigenvalue weighted by Crippen LogP contribution is -2.36. The number of nitrogens with zero attached hydrogens (tertiary/aromatic N) is 2. The van der Waals surface area contributed by atoms with Gasteiger partial charge in [0.1, 0.15) is 16.5 Å². The van der Waals surface area contributed by atoms with E-state index in [1.807, 2.05) is 36.1 Å². The summed E-state index contributed by atoms with van der Waals surface area (Å²) in [5, 5.41) is 2.80. The smallest absolute Gasteiger partial charge is 0.283 e. The zero-order chi connectivity index (χ0) is 25.9. The topological polar surface area (TPSA) is 79.0 Å². The van der Waals surface area contributed by atoms with E-state index in [1.54, 1.807) is 36.4 Å². The fourth-order valence-corrected chi connectivity index (χ4v) is 4.76. The van der Waals surface area contributed by atoms with Crippen molar-refractivity contribution in [3.63, 3.8) is 0 Å². The number of rotatable bonds is 7. The molecule has 0 saturated carbocycles. The van der Waals surface area contributed by atoms with Crippen molar-refractivity contribution in [1.82, 2.24) is 4.90 Å². The largest absolute Gasteiger partial charge is 0.494 e. The predicted molar refractivity (Wildman–Crippen MR) is 142 cm³/mol. The van der Waals surface area contributed by atoms with Crippen LogP contribution in [0.25, 0.3) is 0 Å². The van der Waals surface area contributed by atoms with Crippen molar-refractivity contribution in [2.75, 3.05) is 23.4 Å². The Morgan fingerprint density at radius 2 is 1.65 bits per heavy atom. The number of amides is 3. The summed E-state index contributed by atoms with van der Waals surface area (Å²) in [5.74, 6) is -0.414. The van der Waals surface area contributed by atoms with Gasteiger partial charge >= 0.3 is 0 Å². The summed E-state index contributed by atoms with van der Waals surface area (Å²) in [4.78, 5) is 41.6. The molecule has 0 fully saturated rings. The van der Waals surface area contributed by atoms with Crippen LogP contribution in [0.5, 0.6) is 5.75 Å². The molecule has 0 aliphatic carbocycles. The van der Waals surface area contributed by atoms with Crippen molar-refractivity contribution in [3.05, 3.63) is 100 Å². The number of carbonyl (C=O) groups excluding carboxylic acids is 3. The lowest BCUT2D eigenvalue weighted by atomic mass is 9.99. The minimum atomic E-state index is -0.594. The van der Waals surface area contributed by atoms with Crippen molar-refractivity contribution in [3.8, 4) is 5.75 Å². The standard InChI is InChI=1S/C29H26ClN3O4/c1-2-37-24-13-11-23(12-14-24)33-28(35)26(30)27(29(33)36)31-22-9-7-19(8-10-22)17-25(34)32-16-15-20-5-3-4-6-21(20)18-32/h3-14,31H,2,15-18H2,1H3. The molecule has 0 bridgehead atoms. The van der Waals surface area contributed by atoms with Crippen LogP contribution in [0.3, 0.4) is 0 Å². The predicted octanol–water partition coefficient (Wildman–Crippen LogP) is 4.65. The average Bonchev–Trinajstić information content (AvgIpc) is 3.13. The highest BCUT2D eigenvalue weighted by Gasteiger charge is 2.39. The molecule has 0 radical (unpaired) electrons. The molecular formula is C29H26ClN3O4. The van der Waals surface area contributed by atoms with Crippen molar-refractivity contribution in [2.45, 2.75) is 26.3 Å². The van der Waals surface area contributed by atoms with Crippen LogP contribution in [0.1, 0.15) is 23.6 Å². The highest BCUT2D eigenvalue weighted by atomic mass is 35.5.